The number of amides is 1. The number of rotatable bonds is 7. The number of anilines is 2. The zero-order chi connectivity index (χ0) is 23.4. The number of carbonyl (C=O) groups excluding carboxylic acids is 1. The molecule has 0 aliphatic rings. The van der Waals surface area contributed by atoms with Crippen LogP contribution in [0.3, 0.4) is 0 Å². The Kier molecular flexibility index (Phi) is 6.99. The average Bonchev–Trinajstić information content (AvgIpc) is 3.36. The lowest BCUT2D eigenvalue weighted by Gasteiger charge is -2.11. The summed E-state index contributed by atoms with van der Waals surface area (Å²) in [5, 5.41) is 5.38. The maximum absolute atomic E-state index is 12.8. The van der Waals surface area contributed by atoms with E-state index in [9.17, 15) is 14.3 Å². The van der Waals surface area contributed by atoms with Crippen molar-refractivity contribution in [3.05, 3.63) is 100 Å². The van der Waals surface area contributed by atoms with E-state index in [2.05, 4.69) is 5.32 Å². The van der Waals surface area contributed by atoms with Crippen molar-refractivity contribution >= 4 is 42.0 Å². The van der Waals surface area contributed by atoms with E-state index in [1.54, 1.807) is 35.6 Å². The van der Waals surface area contributed by atoms with Gasteiger partial charge in [-0.25, -0.2) is 0 Å². The van der Waals surface area contributed by atoms with E-state index in [0.29, 0.717) is 28.7 Å². The first-order chi connectivity index (χ1) is 16.0. The molecule has 1 heterocycles. The molecule has 1 atom stereocenters. The quantitative estimate of drug-likeness (QED) is 0.234. The molecule has 1 unspecified atom stereocenters. The molecule has 1 amide bonds. The number of nitrogen functional groups attached to an aromatic ring is 1. The van der Waals surface area contributed by atoms with Crippen LogP contribution in [0.25, 0.3) is 10.4 Å². The molecule has 4 N–H and O–H groups in total. The van der Waals surface area contributed by atoms with Crippen LogP contribution in [0.5, 0.6) is 0 Å². The van der Waals surface area contributed by atoms with Crippen LogP contribution < -0.4 is 16.4 Å². The third-order valence-electron chi connectivity index (χ3n) is 5.54. The first kappa shape index (κ1) is 22.9. The second-order valence-electron chi connectivity index (χ2n) is 7.65. The summed E-state index contributed by atoms with van der Waals surface area (Å²) in [5.74, 6) is -0.246. The molecule has 0 radical (unpaired) electrons. The monoisotopic (exact) mass is 475 g/mol. The minimum Gasteiger partial charge on any atom is -0.397 e. The second-order valence-corrected chi connectivity index (χ2v) is 9.62. The highest BCUT2D eigenvalue weighted by molar-refractivity contribution is 7.47. The van der Waals surface area contributed by atoms with Crippen LogP contribution in [0.1, 0.15) is 34.0 Å². The Labute approximate surface area is 197 Å². The van der Waals surface area contributed by atoms with Crippen molar-refractivity contribution in [3.8, 4) is 10.4 Å². The lowest BCUT2D eigenvalue weighted by atomic mass is 9.97. The van der Waals surface area contributed by atoms with Crippen molar-refractivity contribution in [2.45, 2.75) is 19.8 Å². The fourth-order valence-electron chi connectivity index (χ4n) is 3.77. The molecule has 3 aromatic carbocycles. The number of aryl methyl sites for hydroxylation is 1. The predicted molar refractivity (Wildman–Crippen MR) is 137 cm³/mol. The topological polar surface area (TPSA) is 92.4 Å². The highest BCUT2D eigenvalue weighted by atomic mass is 32.1. The molecule has 0 saturated heterocycles. The van der Waals surface area contributed by atoms with E-state index in [4.69, 9.17) is 5.73 Å². The van der Waals surface area contributed by atoms with Gasteiger partial charge in [-0.05, 0) is 69.5 Å². The summed E-state index contributed by atoms with van der Waals surface area (Å²) in [6.45, 7) is 2.03. The Morgan fingerprint density at radius 3 is 2.52 bits per heavy atom. The van der Waals surface area contributed by atoms with Crippen LogP contribution in [0.4, 0.5) is 11.4 Å². The highest BCUT2D eigenvalue weighted by Gasteiger charge is 2.23. The SMILES string of the molecule is CCc1cccc([P+](=O)O)c1Cc1ccc(C(=O)Nc2cc(-c3cccs3)ccc2N)cc1. The van der Waals surface area contributed by atoms with Gasteiger partial charge in [0.25, 0.3) is 5.91 Å². The van der Waals surface area contributed by atoms with Crippen molar-refractivity contribution in [2.75, 3.05) is 11.1 Å². The van der Waals surface area contributed by atoms with Crippen molar-refractivity contribution < 1.29 is 14.3 Å². The van der Waals surface area contributed by atoms with E-state index in [0.717, 1.165) is 33.6 Å². The molecule has 0 aliphatic heterocycles. The van der Waals surface area contributed by atoms with Crippen molar-refractivity contribution in [2.24, 2.45) is 0 Å². The Morgan fingerprint density at radius 2 is 1.85 bits per heavy atom. The maximum atomic E-state index is 12.8. The summed E-state index contributed by atoms with van der Waals surface area (Å²) in [6, 6.07) is 22.4. The van der Waals surface area contributed by atoms with E-state index in [1.807, 2.05) is 60.8 Å². The third-order valence-corrected chi connectivity index (χ3v) is 7.29. The van der Waals surface area contributed by atoms with Crippen LogP contribution in [0.2, 0.25) is 0 Å². The largest absolute Gasteiger partial charge is 0.546 e. The number of nitrogens with two attached hydrogens (primary N) is 1. The Hall–Kier alpha value is -3.31. The van der Waals surface area contributed by atoms with Gasteiger partial charge in [0.2, 0.25) is 5.30 Å². The van der Waals surface area contributed by atoms with Crippen molar-refractivity contribution in [1.82, 2.24) is 0 Å². The molecule has 4 aromatic rings. The fourth-order valence-corrected chi connectivity index (χ4v) is 5.16. The van der Waals surface area contributed by atoms with Gasteiger partial charge in [0, 0.05) is 22.4 Å². The first-order valence-electron chi connectivity index (χ1n) is 10.6. The zero-order valence-electron chi connectivity index (χ0n) is 18.1. The van der Waals surface area contributed by atoms with Gasteiger partial charge in [-0.2, -0.15) is 4.89 Å². The molecular weight excluding hydrogens is 451 g/mol. The van der Waals surface area contributed by atoms with Gasteiger partial charge in [-0.3, -0.25) is 4.79 Å². The van der Waals surface area contributed by atoms with Crippen molar-refractivity contribution in [3.63, 3.8) is 0 Å². The minimum atomic E-state index is -2.42. The van der Waals surface area contributed by atoms with Crippen molar-refractivity contribution in [1.29, 1.82) is 0 Å². The third kappa shape index (κ3) is 5.20. The first-order valence-corrected chi connectivity index (χ1v) is 12.7. The number of thiophene rings is 1. The summed E-state index contributed by atoms with van der Waals surface area (Å²) in [4.78, 5) is 23.7. The van der Waals surface area contributed by atoms with Gasteiger partial charge in [0.1, 0.15) is 0 Å². The lowest BCUT2D eigenvalue weighted by molar-refractivity contribution is 0.102. The Bertz CT molecular complexity index is 1300. The highest BCUT2D eigenvalue weighted by Crippen LogP contribution is 2.30. The molecule has 1 aromatic heterocycles. The van der Waals surface area contributed by atoms with E-state index in [1.165, 1.54) is 0 Å². The standard InChI is InChI=1S/C26H23N2O3PS/c1-2-18-5-3-6-24(32(30)31)21(18)15-17-8-10-19(11-9-17)26(29)28-23-16-20(12-13-22(23)27)25-7-4-14-33-25/h3-14,16H,2,15,27H2,1H3,(H-,28,29,30,31)/p+1. The second kappa shape index (κ2) is 10.1. The summed E-state index contributed by atoms with van der Waals surface area (Å²) >= 11 is 1.63. The van der Waals surface area contributed by atoms with Gasteiger partial charge in [0.15, 0.2) is 0 Å². The molecule has 33 heavy (non-hydrogen) atoms. The molecule has 5 nitrogen and oxygen atoms in total. The van der Waals surface area contributed by atoms with Gasteiger partial charge < -0.3 is 11.1 Å². The van der Waals surface area contributed by atoms with E-state index < -0.39 is 8.03 Å². The smallest absolute Gasteiger partial charge is 0.397 e. The van der Waals surface area contributed by atoms with E-state index >= 15 is 0 Å². The summed E-state index contributed by atoms with van der Waals surface area (Å²) in [5.41, 5.74) is 11.6. The predicted octanol–water partition coefficient (Wildman–Crippen LogP) is 5.76. The molecule has 0 aliphatic carbocycles. The fraction of sp³-hybridized carbons (Fsp3) is 0.115. The summed E-state index contributed by atoms with van der Waals surface area (Å²) in [6.07, 6.45) is 1.30. The van der Waals surface area contributed by atoms with Gasteiger partial charge >= 0.3 is 8.03 Å². The minimum absolute atomic E-state index is 0.246. The molecule has 0 spiro atoms. The molecule has 0 bridgehead atoms. The molecule has 0 fully saturated rings. The van der Waals surface area contributed by atoms with Crippen LogP contribution in [-0.4, -0.2) is 10.8 Å². The maximum Gasteiger partial charge on any atom is 0.546 e. The number of nitrogens with one attached hydrogen (secondary N) is 1. The number of hydrogen-bond donors (Lipinski definition) is 3. The number of carbonyl (C=O) groups is 1. The van der Waals surface area contributed by atoms with Gasteiger partial charge in [-0.1, -0.05) is 43.3 Å². The van der Waals surface area contributed by atoms with Gasteiger partial charge in [-0.15, -0.1) is 11.3 Å². The normalized spacial score (nSPS) is 11.3. The Balaban J connectivity index is 1.52. The van der Waals surface area contributed by atoms with Crippen LogP contribution in [-0.2, 0) is 17.4 Å². The number of hydrogen-bond acceptors (Lipinski definition) is 4. The molecule has 4 rings (SSSR count). The molecular formula is C26H24N2O3PS+. The average molecular weight is 476 g/mol. The number of benzene rings is 3. The molecule has 7 heteroatoms. The van der Waals surface area contributed by atoms with Gasteiger partial charge in [0.05, 0.1) is 11.4 Å². The summed E-state index contributed by atoms with van der Waals surface area (Å²) in [7, 11) is -2.42. The summed E-state index contributed by atoms with van der Waals surface area (Å²) < 4.78 is 11.8. The zero-order valence-corrected chi connectivity index (χ0v) is 19.8. The molecule has 166 valence electrons. The van der Waals surface area contributed by atoms with Crippen LogP contribution in [0.15, 0.2) is 78.2 Å². The molecule has 0 saturated carbocycles. The van der Waals surface area contributed by atoms with Crippen LogP contribution >= 0.6 is 19.4 Å². The lowest BCUT2D eigenvalue weighted by Crippen LogP contribution is -2.13. The van der Waals surface area contributed by atoms with E-state index in [-0.39, 0.29) is 5.91 Å². The Morgan fingerprint density at radius 1 is 1.06 bits per heavy atom. The van der Waals surface area contributed by atoms with Crippen LogP contribution in [0, 0.1) is 0 Å².